The molecule has 1 aliphatic heterocycles. The van der Waals surface area contributed by atoms with Gasteiger partial charge in [-0.25, -0.2) is 4.68 Å². The summed E-state index contributed by atoms with van der Waals surface area (Å²) >= 11 is 0. The standard InChI is InChI=1S/C21H23N3O2/c1-13-8-9-15(12-14(13)2)24-21-16(10-11-22-21)20(23-24)19-17(25-3)6-5-7-18(19)26-4/h5-9,12,22H,10-11H2,1-4H3. The molecule has 0 spiro atoms. The van der Waals surface area contributed by atoms with Crippen LogP contribution in [0, 0.1) is 13.8 Å². The van der Waals surface area contributed by atoms with E-state index in [2.05, 4.69) is 37.4 Å². The van der Waals surface area contributed by atoms with Gasteiger partial charge in [0.15, 0.2) is 0 Å². The van der Waals surface area contributed by atoms with Gasteiger partial charge in [0.25, 0.3) is 0 Å². The van der Waals surface area contributed by atoms with Crippen molar-refractivity contribution in [2.24, 2.45) is 0 Å². The van der Waals surface area contributed by atoms with E-state index in [1.165, 1.54) is 16.7 Å². The number of aryl methyl sites for hydroxylation is 2. The third kappa shape index (κ3) is 2.51. The smallest absolute Gasteiger partial charge is 0.133 e. The molecule has 3 aromatic rings. The maximum atomic E-state index is 5.60. The predicted octanol–water partition coefficient (Wildman–Crippen LogP) is 4.14. The van der Waals surface area contributed by atoms with Crippen LogP contribution in [0.1, 0.15) is 16.7 Å². The molecule has 0 fully saturated rings. The average molecular weight is 349 g/mol. The van der Waals surface area contributed by atoms with Crippen molar-refractivity contribution < 1.29 is 9.47 Å². The summed E-state index contributed by atoms with van der Waals surface area (Å²) in [5.74, 6) is 2.59. The first-order valence-electron chi connectivity index (χ1n) is 8.78. The first kappa shape index (κ1) is 16.5. The van der Waals surface area contributed by atoms with Gasteiger partial charge in [0.05, 0.1) is 25.5 Å². The van der Waals surface area contributed by atoms with E-state index in [-0.39, 0.29) is 0 Å². The molecule has 5 heteroatoms. The maximum absolute atomic E-state index is 5.60. The minimum atomic E-state index is 0.767. The Morgan fingerprint density at radius 3 is 2.38 bits per heavy atom. The number of fused-ring (bicyclic) bond motifs is 1. The van der Waals surface area contributed by atoms with E-state index in [0.717, 1.165) is 47.2 Å². The van der Waals surface area contributed by atoms with Gasteiger partial charge in [-0.3, -0.25) is 0 Å². The van der Waals surface area contributed by atoms with E-state index in [1.54, 1.807) is 14.2 Å². The molecule has 0 amide bonds. The number of hydrogen-bond acceptors (Lipinski definition) is 4. The van der Waals surface area contributed by atoms with Gasteiger partial charge >= 0.3 is 0 Å². The zero-order valence-corrected chi connectivity index (χ0v) is 15.6. The molecule has 0 saturated heterocycles. The topological polar surface area (TPSA) is 48.3 Å². The Bertz CT molecular complexity index is 953. The quantitative estimate of drug-likeness (QED) is 0.769. The highest BCUT2D eigenvalue weighted by Crippen LogP contribution is 2.43. The van der Waals surface area contributed by atoms with Crippen molar-refractivity contribution in [1.82, 2.24) is 9.78 Å². The highest BCUT2D eigenvalue weighted by Gasteiger charge is 2.27. The molecular weight excluding hydrogens is 326 g/mol. The normalized spacial score (nSPS) is 12.6. The fraction of sp³-hybridized carbons (Fsp3) is 0.286. The molecule has 1 aliphatic rings. The number of anilines is 1. The Morgan fingerprint density at radius 1 is 1.00 bits per heavy atom. The lowest BCUT2D eigenvalue weighted by Gasteiger charge is -2.12. The molecular formula is C21H23N3O2. The van der Waals surface area contributed by atoms with E-state index in [1.807, 2.05) is 22.9 Å². The van der Waals surface area contributed by atoms with E-state index >= 15 is 0 Å². The van der Waals surface area contributed by atoms with Crippen LogP contribution in [0.5, 0.6) is 11.5 Å². The molecule has 0 atom stereocenters. The van der Waals surface area contributed by atoms with Gasteiger partial charge < -0.3 is 14.8 Å². The molecule has 4 rings (SSSR count). The number of methoxy groups -OCH3 is 2. The molecule has 1 aromatic heterocycles. The van der Waals surface area contributed by atoms with Crippen LogP contribution >= 0.6 is 0 Å². The number of rotatable bonds is 4. The second-order valence-corrected chi connectivity index (χ2v) is 6.57. The van der Waals surface area contributed by atoms with Crippen LogP contribution in [0.3, 0.4) is 0 Å². The van der Waals surface area contributed by atoms with Gasteiger partial charge in [-0.1, -0.05) is 12.1 Å². The van der Waals surface area contributed by atoms with Gasteiger partial charge in [-0.2, -0.15) is 5.10 Å². The lowest BCUT2D eigenvalue weighted by atomic mass is 10.0. The van der Waals surface area contributed by atoms with Crippen molar-refractivity contribution in [3.63, 3.8) is 0 Å². The van der Waals surface area contributed by atoms with Crippen LogP contribution < -0.4 is 14.8 Å². The number of ether oxygens (including phenoxy) is 2. The number of hydrogen-bond donors (Lipinski definition) is 1. The van der Waals surface area contributed by atoms with Crippen LogP contribution in [0.2, 0.25) is 0 Å². The number of nitrogens with one attached hydrogen (secondary N) is 1. The lowest BCUT2D eigenvalue weighted by Crippen LogP contribution is -2.05. The van der Waals surface area contributed by atoms with E-state index in [4.69, 9.17) is 14.6 Å². The van der Waals surface area contributed by atoms with Crippen LogP contribution in [-0.2, 0) is 6.42 Å². The molecule has 5 nitrogen and oxygen atoms in total. The van der Waals surface area contributed by atoms with Crippen molar-refractivity contribution in [1.29, 1.82) is 0 Å². The Balaban J connectivity index is 1.94. The first-order chi connectivity index (χ1) is 12.6. The van der Waals surface area contributed by atoms with Gasteiger partial charge in [0.1, 0.15) is 23.0 Å². The molecule has 0 saturated carbocycles. The summed E-state index contributed by atoms with van der Waals surface area (Å²) in [6.07, 6.45) is 0.927. The Labute approximate surface area is 153 Å². The molecule has 2 heterocycles. The van der Waals surface area contributed by atoms with Gasteiger partial charge in [-0.05, 0) is 55.7 Å². The van der Waals surface area contributed by atoms with Crippen molar-refractivity contribution in [3.05, 3.63) is 53.1 Å². The summed E-state index contributed by atoms with van der Waals surface area (Å²) in [5, 5.41) is 8.44. The van der Waals surface area contributed by atoms with Gasteiger partial charge in [0, 0.05) is 12.1 Å². The van der Waals surface area contributed by atoms with Crippen molar-refractivity contribution in [2.45, 2.75) is 20.3 Å². The fourth-order valence-corrected chi connectivity index (χ4v) is 3.50. The minimum Gasteiger partial charge on any atom is -0.496 e. The van der Waals surface area contributed by atoms with Crippen LogP contribution in [-0.4, -0.2) is 30.5 Å². The Hall–Kier alpha value is -2.95. The Kier molecular flexibility index (Phi) is 4.07. The second-order valence-electron chi connectivity index (χ2n) is 6.57. The SMILES string of the molecule is COc1cccc(OC)c1-c1nn(-c2ccc(C)c(C)c2)c2c1CCN2. The third-order valence-electron chi connectivity index (χ3n) is 5.05. The molecule has 2 aromatic carbocycles. The highest BCUT2D eigenvalue weighted by atomic mass is 16.5. The Morgan fingerprint density at radius 2 is 1.73 bits per heavy atom. The summed E-state index contributed by atoms with van der Waals surface area (Å²) in [7, 11) is 3.36. The highest BCUT2D eigenvalue weighted by molar-refractivity contribution is 5.81. The largest absolute Gasteiger partial charge is 0.496 e. The molecule has 0 unspecified atom stereocenters. The van der Waals surface area contributed by atoms with Gasteiger partial charge in [-0.15, -0.1) is 0 Å². The third-order valence-corrected chi connectivity index (χ3v) is 5.05. The second kappa shape index (κ2) is 6.41. The zero-order valence-electron chi connectivity index (χ0n) is 15.6. The minimum absolute atomic E-state index is 0.767. The number of benzene rings is 2. The summed E-state index contributed by atoms with van der Waals surface area (Å²) < 4.78 is 13.2. The van der Waals surface area contributed by atoms with E-state index < -0.39 is 0 Å². The monoisotopic (exact) mass is 349 g/mol. The molecule has 1 N–H and O–H groups in total. The van der Waals surface area contributed by atoms with Gasteiger partial charge in [0.2, 0.25) is 0 Å². The lowest BCUT2D eigenvalue weighted by molar-refractivity contribution is 0.397. The van der Waals surface area contributed by atoms with E-state index in [0.29, 0.717) is 0 Å². The van der Waals surface area contributed by atoms with Crippen LogP contribution in [0.4, 0.5) is 5.82 Å². The zero-order chi connectivity index (χ0) is 18.3. The predicted molar refractivity (Wildman–Crippen MR) is 104 cm³/mol. The molecule has 26 heavy (non-hydrogen) atoms. The van der Waals surface area contributed by atoms with Crippen LogP contribution in [0.15, 0.2) is 36.4 Å². The molecule has 0 aliphatic carbocycles. The van der Waals surface area contributed by atoms with Crippen molar-refractivity contribution in [3.8, 4) is 28.4 Å². The molecule has 0 radical (unpaired) electrons. The molecule has 134 valence electrons. The fourth-order valence-electron chi connectivity index (χ4n) is 3.50. The molecule has 0 bridgehead atoms. The summed E-state index contributed by atoms with van der Waals surface area (Å²) in [5.41, 5.74) is 6.60. The summed E-state index contributed by atoms with van der Waals surface area (Å²) in [6, 6.07) is 12.2. The average Bonchev–Trinajstić information content (AvgIpc) is 3.26. The van der Waals surface area contributed by atoms with Crippen molar-refractivity contribution in [2.75, 3.05) is 26.1 Å². The van der Waals surface area contributed by atoms with E-state index in [9.17, 15) is 0 Å². The summed E-state index contributed by atoms with van der Waals surface area (Å²) in [6.45, 7) is 5.15. The van der Waals surface area contributed by atoms with Crippen molar-refractivity contribution >= 4 is 5.82 Å². The summed E-state index contributed by atoms with van der Waals surface area (Å²) in [4.78, 5) is 0. The maximum Gasteiger partial charge on any atom is 0.133 e. The van der Waals surface area contributed by atoms with Crippen LogP contribution in [0.25, 0.3) is 16.9 Å². The first-order valence-corrected chi connectivity index (χ1v) is 8.78. The number of aromatic nitrogens is 2. The number of nitrogens with zero attached hydrogens (tertiary/aromatic N) is 2.